The lowest BCUT2D eigenvalue weighted by Gasteiger charge is -2.31. The first-order valence-corrected chi connectivity index (χ1v) is 35.6. The van der Waals surface area contributed by atoms with Gasteiger partial charge in [0.1, 0.15) is 50.8 Å². The summed E-state index contributed by atoms with van der Waals surface area (Å²) in [7, 11) is 0. The number of cyclic esters (lactones) is 1. The molecule has 2 aromatic carbocycles. The number of nitrogens with two attached hydrogens (primary N) is 1. The number of anilines is 1. The largest absolute Gasteiger partial charge is 0.481 e. The number of ether oxygens (including phenoxy) is 8. The quantitative estimate of drug-likeness (QED) is 0.0115. The second kappa shape index (κ2) is 42.6. The summed E-state index contributed by atoms with van der Waals surface area (Å²) < 4.78 is 45.8. The third-order valence-corrected chi connectivity index (χ3v) is 17.8. The predicted molar refractivity (Wildman–Crippen MR) is 380 cm³/mol. The molecule has 0 saturated carbocycles. The molecule has 104 heavy (non-hydrogen) atoms. The molecule has 3 aliphatic rings. The van der Waals surface area contributed by atoms with E-state index in [-0.39, 0.29) is 140 Å². The Morgan fingerprint density at radius 2 is 1.47 bits per heavy atom. The molecule has 0 bridgehead atoms. The maximum absolute atomic E-state index is 14.0. The average molecular weight is 1450 g/mol. The molecule has 7 rings (SSSR count). The summed E-state index contributed by atoms with van der Waals surface area (Å²) in [5.74, 6) is 0.503. The predicted octanol–water partition coefficient (Wildman–Crippen LogP) is 3.52. The number of primary amides is 1. The number of esters is 1. The Morgan fingerprint density at radius 3 is 2.17 bits per heavy atom. The van der Waals surface area contributed by atoms with Gasteiger partial charge in [0, 0.05) is 73.7 Å². The van der Waals surface area contributed by atoms with Crippen molar-refractivity contribution in [1.29, 1.82) is 0 Å². The summed E-state index contributed by atoms with van der Waals surface area (Å²) >= 11 is 0. The topological polar surface area (TPSA) is 416 Å². The summed E-state index contributed by atoms with van der Waals surface area (Å²) in [6.07, 6.45) is 3.84. The lowest BCUT2D eigenvalue weighted by atomic mass is 9.86. The number of carbonyl (C=O) groups excluding carboxylic acids is 8. The zero-order chi connectivity index (χ0) is 75.0. The van der Waals surface area contributed by atoms with Crippen molar-refractivity contribution in [1.82, 2.24) is 46.4 Å². The van der Waals surface area contributed by atoms with Crippen LogP contribution in [0.1, 0.15) is 133 Å². The van der Waals surface area contributed by atoms with Crippen molar-refractivity contribution < 1.29 is 91.3 Å². The maximum atomic E-state index is 14.0. The average Bonchev–Trinajstić information content (AvgIpc) is 1.53. The zero-order valence-corrected chi connectivity index (χ0v) is 60.0. The van der Waals surface area contributed by atoms with Crippen molar-refractivity contribution in [2.45, 2.75) is 167 Å². The molecule has 0 saturated heterocycles. The van der Waals surface area contributed by atoms with Gasteiger partial charge in [-0.05, 0) is 107 Å². The molecule has 2 aromatic heterocycles. The van der Waals surface area contributed by atoms with Gasteiger partial charge in [-0.3, -0.25) is 43.8 Å². The molecule has 8 amide bonds. The Labute approximate surface area is 604 Å². The third-order valence-electron chi connectivity index (χ3n) is 17.8. The second-order valence-electron chi connectivity index (χ2n) is 26.0. The molecular weight excluding hydrogens is 1350 g/mol. The third kappa shape index (κ3) is 25.6. The number of rotatable bonds is 45. The molecule has 0 radical (unpaired) electrons. The zero-order valence-electron chi connectivity index (χ0n) is 60.0. The van der Waals surface area contributed by atoms with Gasteiger partial charge in [-0.1, -0.05) is 63.4 Å². The number of urea groups is 1. The minimum atomic E-state index is -1.94. The highest BCUT2D eigenvalue weighted by atomic mass is 16.6. The number of hydrogen-bond donors (Lipinski definition) is 10. The lowest BCUT2D eigenvalue weighted by Crippen LogP contribution is -2.58. The highest BCUT2D eigenvalue weighted by Gasteiger charge is 2.46. The summed E-state index contributed by atoms with van der Waals surface area (Å²) in [5, 5.41) is 40.2. The molecule has 1 unspecified atom stereocenters. The summed E-state index contributed by atoms with van der Waals surface area (Å²) in [5.41, 5.74) is 8.21. The van der Waals surface area contributed by atoms with Gasteiger partial charge in [0.05, 0.1) is 88.5 Å². The smallest absolute Gasteiger partial charge is 0.409 e. The molecule has 0 fully saturated rings. The maximum Gasteiger partial charge on any atom is 0.409 e. The van der Waals surface area contributed by atoms with Crippen molar-refractivity contribution in [3.05, 3.63) is 92.8 Å². The number of carboxylic acid groups (broad SMARTS) is 1. The van der Waals surface area contributed by atoms with E-state index >= 15 is 0 Å². The molecule has 1 aliphatic carbocycles. The van der Waals surface area contributed by atoms with Gasteiger partial charge < -0.3 is 90.3 Å². The van der Waals surface area contributed by atoms with Gasteiger partial charge in [-0.2, -0.15) is 0 Å². The minimum absolute atomic E-state index is 0.0120. The van der Waals surface area contributed by atoms with Crippen LogP contribution in [0.5, 0.6) is 0 Å². The van der Waals surface area contributed by atoms with E-state index in [1.165, 1.54) is 0 Å². The van der Waals surface area contributed by atoms with Crippen LogP contribution in [0, 0.1) is 17.8 Å². The summed E-state index contributed by atoms with van der Waals surface area (Å²) in [6, 6.07) is 11.4. The first kappa shape index (κ1) is 82.2. The SMILES string of the molecule is CC[C@@]1(O)C(=O)OCc2c1cc1n(c2=O)Cc2c-1nc1ccccc1c2CCN(CCOCNC(=O)OCc1ccc(NC(=O)[C@H](CCCNC(N)=O)NC(=O)[C@@H](NC(=O)[C@H](CCC(=O)O)NC(=O)CCOCCOCCOCCOCCNC(=O)COC2C#CCCCCC2)C(C)C)cc1)C(C)C. The first-order chi connectivity index (χ1) is 50.1. The molecule has 5 atom stereocenters. The number of pyridine rings is 2. The van der Waals surface area contributed by atoms with Gasteiger partial charge in [0.25, 0.3) is 5.56 Å². The van der Waals surface area contributed by atoms with Gasteiger partial charge in [0.15, 0.2) is 5.60 Å². The number of aliphatic hydroxyl groups is 1. The fourth-order valence-corrected chi connectivity index (χ4v) is 11.9. The molecule has 31 heteroatoms. The number of amides is 8. The highest BCUT2D eigenvalue weighted by molar-refractivity contribution is 5.99. The van der Waals surface area contributed by atoms with Gasteiger partial charge in [0.2, 0.25) is 29.5 Å². The number of nitrogens with one attached hydrogen (secondary N) is 7. The van der Waals surface area contributed by atoms with Crippen molar-refractivity contribution in [3.63, 3.8) is 0 Å². The number of aliphatic carboxylic acids is 1. The van der Waals surface area contributed by atoms with Crippen LogP contribution < -0.4 is 48.5 Å². The number of aromatic nitrogens is 2. The number of nitrogens with zero attached hydrogens (tertiary/aromatic N) is 3. The minimum Gasteiger partial charge on any atom is -0.481 e. The molecule has 4 aromatic rings. The number of benzene rings is 2. The lowest BCUT2D eigenvalue weighted by molar-refractivity contribution is -0.172. The Bertz CT molecular complexity index is 3690. The van der Waals surface area contributed by atoms with E-state index in [0.717, 1.165) is 54.1 Å². The number of carboxylic acids is 1. The molecular formula is C73H101N11O20. The number of alkyl carbamates (subject to hydrolysis) is 1. The Morgan fingerprint density at radius 1 is 0.760 bits per heavy atom. The van der Waals surface area contributed by atoms with E-state index in [1.54, 1.807) is 55.7 Å². The normalized spacial score (nSPS) is 16.1. The monoisotopic (exact) mass is 1450 g/mol. The van der Waals surface area contributed by atoms with Crippen LogP contribution in [0.3, 0.4) is 0 Å². The fraction of sp³-hybridized carbons (Fsp3) is 0.575. The first-order valence-electron chi connectivity index (χ1n) is 35.6. The Hall–Kier alpha value is -9.13. The van der Waals surface area contributed by atoms with E-state index in [9.17, 15) is 58.2 Å². The molecule has 0 spiro atoms. The molecule has 4 heterocycles. The standard InChI is InChI=1S/C73H101N11O20/c1-6-73(96)56-41-60-65-54(42-84(60)69(92)55(56)44-103-70(73)93)52(53-17-12-13-18-57(53)80-65)26-30-83(48(4)5)31-34-101-46-77-72(95)104-43-49-20-22-50(23-21-49)78-66(89)58(19-14-28-76-71(74)94)81-68(91)64(47(2)3)82-67(90)59(24-25-63(87)88)79-61(85)27-32-97-35-37-99-39-40-100-38-36-98-33-29-75-62(86)45-102-51-15-10-8-7-9-11-16-51/h12-13,17-18,20-23,41,47-48,51,58-59,64,96H,6-10,14-15,19,24-40,42-46H2,1-5H3,(H,75,86)(H,77,95)(H,78,89)(H,79,85)(H,81,91)(H,82,90)(H,87,88)(H3,74,76,94)/t51?,58-,59-,64-,73-/m0/s1. The Kier molecular flexibility index (Phi) is 33.6. The van der Waals surface area contributed by atoms with Crippen LogP contribution in [-0.4, -0.2) is 208 Å². The summed E-state index contributed by atoms with van der Waals surface area (Å²) in [4.78, 5) is 137. The molecule has 31 nitrogen and oxygen atoms in total. The van der Waals surface area contributed by atoms with Gasteiger partial charge in [-0.15, -0.1) is 5.92 Å². The van der Waals surface area contributed by atoms with Crippen LogP contribution in [0.15, 0.2) is 59.4 Å². The highest BCUT2D eigenvalue weighted by Crippen LogP contribution is 2.40. The molecule has 568 valence electrons. The number of hydrogen-bond acceptors (Lipinski definition) is 21. The van der Waals surface area contributed by atoms with Crippen LogP contribution in [0.4, 0.5) is 15.3 Å². The summed E-state index contributed by atoms with van der Waals surface area (Å²) in [6.45, 7) is 12.4. The van der Waals surface area contributed by atoms with Crippen LogP contribution in [0.2, 0.25) is 0 Å². The Balaban J connectivity index is 0.794. The van der Waals surface area contributed by atoms with E-state index in [1.807, 2.05) is 24.3 Å². The fourth-order valence-electron chi connectivity index (χ4n) is 11.9. The van der Waals surface area contributed by atoms with Crippen LogP contribution in [0.25, 0.3) is 22.3 Å². The molecule has 2 aliphatic heterocycles. The van der Waals surface area contributed by atoms with Crippen molar-refractivity contribution in [2.24, 2.45) is 11.7 Å². The van der Waals surface area contributed by atoms with E-state index < -0.39 is 83.8 Å². The van der Waals surface area contributed by atoms with Gasteiger partial charge in [-0.25, -0.2) is 19.4 Å². The number of carbonyl (C=O) groups is 9. The molecule has 11 N–H and O–H groups in total. The van der Waals surface area contributed by atoms with Crippen LogP contribution in [-0.2, 0) is 103 Å². The van der Waals surface area contributed by atoms with Crippen molar-refractivity contribution in [2.75, 3.05) is 104 Å². The van der Waals surface area contributed by atoms with Gasteiger partial charge >= 0.3 is 24.1 Å². The van der Waals surface area contributed by atoms with Crippen molar-refractivity contribution in [3.8, 4) is 23.2 Å². The van der Waals surface area contributed by atoms with E-state index in [2.05, 4.69) is 67.8 Å². The number of fused-ring (bicyclic) bond motifs is 5. The van der Waals surface area contributed by atoms with E-state index in [4.69, 9.17) is 48.6 Å². The number of para-hydroxylation sites is 1. The van der Waals surface area contributed by atoms with Crippen LogP contribution >= 0.6 is 0 Å². The second-order valence-corrected chi connectivity index (χ2v) is 26.0. The van der Waals surface area contributed by atoms with Crippen molar-refractivity contribution >= 4 is 70.2 Å². The van der Waals surface area contributed by atoms with E-state index in [0.29, 0.717) is 75.1 Å².